The van der Waals surface area contributed by atoms with Gasteiger partial charge in [-0.2, -0.15) is 5.10 Å². The minimum absolute atomic E-state index is 0.0486. The van der Waals surface area contributed by atoms with E-state index in [9.17, 15) is 4.39 Å². The quantitative estimate of drug-likeness (QED) is 0.560. The second-order valence-corrected chi connectivity index (χ2v) is 9.09. The number of hydrogen-bond donors (Lipinski definition) is 0. The molecule has 0 amide bonds. The second kappa shape index (κ2) is 8.89. The van der Waals surface area contributed by atoms with Crippen molar-refractivity contribution in [3.05, 3.63) is 52.7 Å². The first-order chi connectivity index (χ1) is 15.9. The van der Waals surface area contributed by atoms with Crippen molar-refractivity contribution in [1.29, 1.82) is 0 Å². The van der Waals surface area contributed by atoms with Crippen LogP contribution in [0.3, 0.4) is 0 Å². The first kappa shape index (κ1) is 22.1. The van der Waals surface area contributed by atoms with E-state index in [1.54, 1.807) is 12.4 Å². The monoisotopic (exact) mass is 472 g/mol. The van der Waals surface area contributed by atoms with E-state index in [0.29, 0.717) is 13.2 Å². The highest BCUT2D eigenvalue weighted by molar-refractivity contribution is 6.32. The van der Waals surface area contributed by atoms with Crippen molar-refractivity contribution in [3.63, 3.8) is 0 Å². The normalized spacial score (nSPS) is 20.5. The summed E-state index contributed by atoms with van der Waals surface area (Å²) in [5, 5.41) is 4.60. The van der Waals surface area contributed by atoms with Crippen LogP contribution in [0.25, 0.3) is 11.4 Å². The lowest BCUT2D eigenvalue weighted by atomic mass is 10.1. The minimum Gasteiger partial charge on any atom is -0.492 e. The third kappa shape index (κ3) is 4.40. The van der Waals surface area contributed by atoms with Crippen LogP contribution in [-0.4, -0.2) is 57.1 Å². The summed E-state index contributed by atoms with van der Waals surface area (Å²) in [6.07, 6.45) is 3.86. The number of anilines is 1. The Hall–Kier alpha value is -2.75. The zero-order valence-electron chi connectivity index (χ0n) is 18.8. The molecule has 3 aromatic rings. The fraction of sp³-hybridized carbons (Fsp3) is 0.435. The van der Waals surface area contributed by atoms with E-state index < -0.39 is 5.82 Å². The fourth-order valence-electron chi connectivity index (χ4n) is 4.72. The van der Waals surface area contributed by atoms with Crippen LogP contribution in [0.2, 0.25) is 5.02 Å². The molecule has 0 spiro atoms. The number of halogens is 2. The van der Waals surface area contributed by atoms with Gasteiger partial charge in [0.1, 0.15) is 18.8 Å². The molecule has 0 N–H and O–H groups in total. The zero-order chi connectivity index (χ0) is 23.1. The number of methoxy groups -OCH3 is 1. The Balaban J connectivity index is 1.44. The van der Waals surface area contributed by atoms with Gasteiger partial charge in [-0.05, 0) is 43.2 Å². The lowest BCUT2D eigenvalue weighted by Crippen LogP contribution is -2.44. The molecule has 2 aromatic heterocycles. The summed E-state index contributed by atoms with van der Waals surface area (Å²) in [5.41, 5.74) is 2.73. The summed E-state index contributed by atoms with van der Waals surface area (Å²) in [5.74, 6) is 1.12. The minimum atomic E-state index is -0.490. The standard InChI is InChI=1S/C23H26ClFN6O2/c1-14-8-29(9-15(2)33-14)10-17-4-18-22(26-7-17)30(13-31-23(18)27-12-28-31)11-16-5-19(24)21(32-3)20(25)6-16/h4-7,12,14-15H,8-11,13H2,1-3H3/t14-,15+. The van der Waals surface area contributed by atoms with Crippen LogP contribution >= 0.6 is 11.6 Å². The molecule has 1 saturated heterocycles. The summed E-state index contributed by atoms with van der Waals surface area (Å²) in [6, 6.07) is 5.28. The Bertz CT molecular complexity index is 1140. The van der Waals surface area contributed by atoms with Gasteiger partial charge in [-0.3, -0.25) is 4.90 Å². The molecule has 174 valence electrons. The van der Waals surface area contributed by atoms with Crippen LogP contribution in [-0.2, 0) is 24.5 Å². The molecule has 1 fully saturated rings. The molecule has 0 radical (unpaired) electrons. The van der Waals surface area contributed by atoms with E-state index >= 15 is 0 Å². The lowest BCUT2D eigenvalue weighted by Gasteiger charge is -2.35. The average molecular weight is 473 g/mol. The predicted octanol–water partition coefficient (Wildman–Crippen LogP) is 3.73. The molecule has 2 atom stereocenters. The van der Waals surface area contributed by atoms with Gasteiger partial charge in [-0.1, -0.05) is 11.6 Å². The van der Waals surface area contributed by atoms with Crippen LogP contribution in [0.1, 0.15) is 25.0 Å². The highest BCUT2D eigenvalue weighted by Crippen LogP contribution is 2.35. The molecule has 10 heteroatoms. The summed E-state index contributed by atoms with van der Waals surface area (Å²) < 4.78 is 27.1. The number of ether oxygens (including phenoxy) is 2. The molecule has 33 heavy (non-hydrogen) atoms. The second-order valence-electron chi connectivity index (χ2n) is 8.68. The van der Waals surface area contributed by atoms with Crippen molar-refractivity contribution < 1.29 is 13.9 Å². The van der Waals surface area contributed by atoms with Gasteiger partial charge >= 0.3 is 0 Å². The number of morpholine rings is 1. The first-order valence-corrected chi connectivity index (χ1v) is 11.3. The highest BCUT2D eigenvalue weighted by atomic mass is 35.5. The number of benzene rings is 1. The summed E-state index contributed by atoms with van der Waals surface area (Å²) in [7, 11) is 1.40. The smallest absolute Gasteiger partial charge is 0.173 e. The molecule has 5 rings (SSSR count). The third-order valence-corrected chi connectivity index (χ3v) is 6.20. The molecule has 8 nitrogen and oxygen atoms in total. The number of nitrogens with zero attached hydrogens (tertiary/aromatic N) is 6. The van der Waals surface area contributed by atoms with Crippen LogP contribution in [0, 0.1) is 5.82 Å². The topological polar surface area (TPSA) is 68.5 Å². The highest BCUT2D eigenvalue weighted by Gasteiger charge is 2.27. The Morgan fingerprint density at radius 3 is 2.64 bits per heavy atom. The van der Waals surface area contributed by atoms with E-state index in [1.807, 2.05) is 15.8 Å². The lowest BCUT2D eigenvalue weighted by molar-refractivity contribution is -0.0705. The van der Waals surface area contributed by atoms with Crippen molar-refractivity contribution in [2.24, 2.45) is 0 Å². The van der Waals surface area contributed by atoms with Gasteiger partial charge in [0.15, 0.2) is 17.4 Å². The van der Waals surface area contributed by atoms with Crippen molar-refractivity contribution in [2.45, 2.75) is 45.8 Å². The van der Waals surface area contributed by atoms with Crippen LogP contribution in [0.4, 0.5) is 10.2 Å². The summed E-state index contributed by atoms with van der Waals surface area (Å²) >= 11 is 6.21. The Labute approximate surface area is 196 Å². The van der Waals surface area contributed by atoms with Crippen molar-refractivity contribution >= 4 is 17.4 Å². The zero-order valence-corrected chi connectivity index (χ0v) is 19.6. The van der Waals surface area contributed by atoms with E-state index in [2.05, 4.69) is 34.9 Å². The van der Waals surface area contributed by atoms with Gasteiger partial charge in [0.05, 0.1) is 29.9 Å². The van der Waals surface area contributed by atoms with Crippen molar-refractivity contribution in [1.82, 2.24) is 24.6 Å². The molecule has 0 bridgehead atoms. The van der Waals surface area contributed by atoms with Gasteiger partial charge in [0, 0.05) is 32.4 Å². The SMILES string of the molecule is COc1c(F)cc(CN2Cn3ncnc3-c3cc(CN4C[C@@H](C)O[C@@H](C)C4)cnc32)cc1Cl. The maximum absolute atomic E-state index is 14.4. The summed E-state index contributed by atoms with van der Waals surface area (Å²) in [6.45, 7) is 7.62. The van der Waals surface area contributed by atoms with Crippen LogP contribution in [0.15, 0.2) is 30.7 Å². The molecule has 0 aliphatic carbocycles. The van der Waals surface area contributed by atoms with Crippen LogP contribution in [0.5, 0.6) is 5.75 Å². The van der Waals surface area contributed by atoms with E-state index in [-0.39, 0.29) is 23.0 Å². The fourth-order valence-corrected chi connectivity index (χ4v) is 5.03. The Kier molecular flexibility index (Phi) is 5.94. The van der Waals surface area contributed by atoms with Gasteiger partial charge in [-0.15, -0.1) is 0 Å². The predicted molar refractivity (Wildman–Crippen MR) is 123 cm³/mol. The molecule has 2 aliphatic heterocycles. The third-order valence-electron chi connectivity index (χ3n) is 5.92. The molecular weight excluding hydrogens is 447 g/mol. The molecule has 2 aliphatic rings. The number of rotatable bonds is 5. The number of aromatic nitrogens is 4. The number of fused-ring (bicyclic) bond motifs is 3. The van der Waals surface area contributed by atoms with Gasteiger partial charge in [0.25, 0.3) is 0 Å². The Morgan fingerprint density at radius 2 is 1.91 bits per heavy atom. The maximum Gasteiger partial charge on any atom is 0.173 e. The number of hydrogen-bond acceptors (Lipinski definition) is 7. The molecule has 0 unspecified atom stereocenters. The van der Waals surface area contributed by atoms with Crippen molar-refractivity contribution in [3.8, 4) is 17.1 Å². The van der Waals surface area contributed by atoms with Gasteiger partial charge < -0.3 is 14.4 Å². The van der Waals surface area contributed by atoms with Crippen molar-refractivity contribution in [2.75, 3.05) is 25.1 Å². The van der Waals surface area contributed by atoms with E-state index in [0.717, 1.165) is 48.0 Å². The van der Waals surface area contributed by atoms with Gasteiger partial charge in [0.2, 0.25) is 0 Å². The van der Waals surface area contributed by atoms with Crippen LogP contribution < -0.4 is 9.64 Å². The molecule has 4 heterocycles. The largest absolute Gasteiger partial charge is 0.492 e. The number of pyridine rings is 1. The maximum atomic E-state index is 14.4. The Morgan fingerprint density at radius 1 is 1.12 bits per heavy atom. The van der Waals surface area contributed by atoms with E-state index in [4.69, 9.17) is 26.1 Å². The van der Waals surface area contributed by atoms with Gasteiger partial charge in [-0.25, -0.2) is 19.0 Å². The van der Waals surface area contributed by atoms with E-state index in [1.165, 1.54) is 13.2 Å². The average Bonchev–Trinajstić information content (AvgIpc) is 3.21. The summed E-state index contributed by atoms with van der Waals surface area (Å²) in [4.78, 5) is 13.7. The molecular formula is C23H26ClFN6O2. The molecule has 0 saturated carbocycles. The molecule has 1 aromatic carbocycles. The first-order valence-electron chi connectivity index (χ1n) is 10.9.